The first-order chi connectivity index (χ1) is 4.43. The Morgan fingerprint density at radius 2 is 2.22 bits per heavy atom. The van der Waals surface area contributed by atoms with Crippen LogP contribution in [0, 0.1) is 5.92 Å². The van der Waals surface area contributed by atoms with Crippen LogP contribution in [0.25, 0.3) is 0 Å². The molecule has 1 saturated carbocycles. The third-order valence-corrected chi connectivity index (χ3v) is 3.07. The van der Waals surface area contributed by atoms with E-state index in [9.17, 15) is 0 Å². The molecule has 0 radical (unpaired) electrons. The second-order valence-corrected chi connectivity index (χ2v) is 3.81. The summed E-state index contributed by atoms with van der Waals surface area (Å²) in [6.45, 7) is 0.845. The SMILES string of the molecule is NCCSCC1CCC1. The summed E-state index contributed by atoms with van der Waals surface area (Å²) in [6.07, 6.45) is 4.41. The molecular formula is C7H15NS. The molecule has 1 aliphatic carbocycles. The van der Waals surface area contributed by atoms with E-state index in [0.29, 0.717) is 0 Å². The fraction of sp³-hybridized carbons (Fsp3) is 1.00. The van der Waals surface area contributed by atoms with Crippen LogP contribution in [0.15, 0.2) is 0 Å². The average molecular weight is 145 g/mol. The summed E-state index contributed by atoms with van der Waals surface area (Å²) in [5.41, 5.74) is 5.35. The molecule has 54 valence electrons. The molecule has 0 aromatic rings. The van der Waals surface area contributed by atoms with Crippen molar-refractivity contribution in [2.75, 3.05) is 18.1 Å². The van der Waals surface area contributed by atoms with Crippen molar-refractivity contribution in [2.45, 2.75) is 19.3 Å². The Labute approximate surface area is 61.4 Å². The fourth-order valence-electron chi connectivity index (χ4n) is 0.993. The van der Waals surface area contributed by atoms with Gasteiger partial charge in [-0.2, -0.15) is 11.8 Å². The summed E-state index contributed by atoms with van der Waals surface area (Å²) in [4.78, 5) is 0. The summed E-state index contributed by atoms with van der Waals surface area (Å²) in [5, 5.41) is 0. The van der Waals surface area contributed by atoms with E-state index in [4.69, 9.17) is 5.73 Å². The van der Waals surface area contributed by atoms with Crippen LogP contribution in [0.3, 0.4) is 0 Å². The van der Waals surface area contributed by atoms with Gasteiger partial charge in [-0.1, -0.05) is 6.42 Å². The molecule has 0 atom stereocenters. The van der Waals surface area contributed by atoms with E-state index >= 15 is 0 Å². The first-order valence-electron chi connectivity index (χ1n) is 3.71. The second kappa shape index (κ2) is 4.18. The minimum Gasteiger partial charge on any atom is -0.330 e. The molecule has 0 unspecified atom stereocenters. The van der Waals surface area contributed by atoms with Gasteiger partial charge in [-0.3, -0.25) is 0 Å². The normalized spacial score (nSPS) is 19.7. The van der Waals surface area contributed by atoms with Gasteiger partial charge >= 0.3 is 0 Å². The maximum atomic E-state index is 5.35. The number of hydrogen-bond acceptors (Lipinski definition) is 2. The van der Waals surface area contributed by atoms with E-state index < -0.39 is 0 Å². The highest BCUT2D eigenvalue weighted by Gasteiger charge is 2.16. The van der Waals surface area contributed by atoms with E-state index in [0.717, 1.165) is 18.2 Å². The van der Waals surface area contributed by atoms with Gasteiger partial charge in [-0.05, 0) is 24.5 Å². The first kappa shape index (κ1) is 7.42. The van der Waals surface area contributed by atoms with E-state index in [-0.39, 0.29) is 0 Å². The van der Waals surface area contributed by atoms with Gasteiger partial charge in [-0.15, -0.1) is 0 Å². The average Bonchev–Trinajstić information content (AvgIpc) is 1.76. The maximum Gasteiger partial charge on any atom is 0.00559 e. The van der Waals surface area contributed by atoms with Gasteiger partial charge in [0.2, 0.25) is 0 Å². The molecule has 0 aliphatic heterocycles. The van der Waals surface area contributed by atoms with E-state index in [1.54, 1.807) is 0 Å². The number of thioether (sulfide) groups is 1. The first-order valence-corrected chi connectivity index (χ1v) is 4.87. The Kier molecular flexibility index (Phi) is 3.44. The quantitative estimate of drug-likeness (QED) is 0.606. The van der Waals surface area contributed by atoms with Crippen molar-refractivity contribution in [3.63, 3.8) is 0 Å². The molecule has 1 rings (SSSR count). The zero-order chi connectivity index (χ0) is 6.53. The van der Waals surface area contributed by atoms with Crippen LogP contribution in [-0.4, -0.2) is 18.1 Å². The minimum atomic E-state index is 0.845. The van der Waals surface area contributed by atoms with Crippen molar-refractivity contribution in [1.82, 2.24) is 0 Å². The molecule has 9 heavy (non-hydrogen) atoms. The monoisotopic (exact) mass is 145 g/mol. The molecule has 0 aromatic heterocycles. The molecule has 0 spiro atoms. The predicted octanol–water partition coefficient (Wildman–Crippen LogP) is 1.48. The van der Waals surface area contributed by atoms with Gasteiger partial charge in [0.05, 0.1) is 0 Å². The third kappa shape index (κ3) is 2.59. The number of nitrogens with two attached hydrogens (primary N) is 1. The van der Waals surface area contributed by atoms with Gasteiger partial charge in [0.15, 0.2) is 0 Å². The van der Waals surface area contributed by atoms with E-state index in [1.807, 2.05) is 11.8 Å². The highest BCUT2D eigenvalue weighted by molar-refractivity contribution is 7.99. The Morgan fingerprint density at radius 1 is 1.44 bits per heavy atom. The van der Waals surface area contributed by atoms with Gasteiger partial charge in [0.25, 0.3) is 0 Å². The highest BCUT2D eigenvalue weighted by atomic mass is 32.2. The van der Waals surface area contributed by atoms with Gasteiger partial charge in [0.1, 0.15) is 0 Å². The van der Waals surface area contributed by atoms with Gasteiger partial charge in [0, 0.05) is 12.3 Å². The Bertz CT molecular complexity index is 71.3. The van der Waals surface area contributed by atoms with Crippen LogP contribution in [0.2, 0.25) is 0 Å². The minimum absolute atomic E-state index is 0.845. The summed E-state index contributed by atoms with van der Waals surface area (Å²) >= 11 is 2.01. The Morgan fingerprint density at radius 3 is 2.67 bits per heavy atom. The second-order valence-electron chi connectivity index (χ2n) is 2.66. The molecule has 0 aromatic carbocycles. The highest BCUT2D eigenvalue weighted by Crippen LogP contribution is 2.29. The maximum absolute atomic E-state index is 5.35. The molecule has 2 N–H and O–H groups in total. The fourth-order valence-corrected chi connectivity index (χ4v) is 1.99. The topological polar surface area (TPSA) is 26.0 Å². The van der Waals surface area contributed by atoms with Crippen LogP contribution in [0.5, 0.6) is 0 Å². The smallest absolute Gasteiger partial charge is 0.00559 e. The third-order valence-electron chi connectivity index (χ3n) is 1.84. The van der Waals surface area contributed by atoms with Crippen LogP contribution in [-0.2, 0) is 0 Å². The predicted molar refractivity (Wildman–Crippen MR) is 43.7 cm³/mol. The van der Waals surface area contributed by atoms with Crippen molar-refractivity contribution >= 4 is 11.8 Å². The van der Waals surface area contributed by atoms with Crippen molar-refractivity contribution in [3.05, 3.63) is 0 Å². The molecule has 1 nitrogen and oxygen atoms in total. The molecule has 0 saturated heterocycles. The van der Waals surface area contributed by atoms with Gasteiger partial charge in [-0.25, -0.2) is 0 Å². The van der Waals surface area contributed by atoms with Crippen molar-refractivity contribution in [2.24, 2.45) is 11.7 Å². The molecule has 0 bridgehead atoms. The zero-order valence-electron chi connectivity index (χ0n) is 5.81. The van der Waals surface area contributed by atoms with E-state index in [1.165, 1.54) is 25.0 Å². The van der Waals surface area contributed by atoms with Crippen molar-refractivity contribution in [1.29, 1.82) is 0 Å². The Hall–Kier alpha value is 0.310. The van der Waals surface area contributed by atoms with Crippen LogP contribution < -0.4 is 5.73 Å². The Balaban J connectivity index is 1.80. The summed E-state index contributed by atoms with van der Waals surface area (Å²) in [6, 6.07) is 0. The van der Waals surface area contributed by atoms with Crippen LogP contribution in [0.4, 0.5) is 0 Å². The van der Waals surface area contributed by atoms with Crippen LogP contribution >= 0.6 is 11.8 Å². The zero-order valence-corrected chi connectivity index (χ0v) is 6.62. The molecule has 0 heterocycles. The molecular weight excluding hydrogens is 130 g/mol. The van der Waals surface area contributed by atoms with Crippen molar-refractivity contribution in [3.8, 4) is 0 Å². The lowest BCUT2D eigenvalue weighted by Crippen LogP contribution is -2.14. The lowest BCUT2D eigenvalue weighted by molar-refractivity contribution is 0.353. The van der Waals surface area contributed by atoms with E-state index in [2.05, 4.69) is 0 Å². The number of hydrogen-bond donors (Lipinski definition) is 1. The lowest BCUT2D eigenvalue weighted by Gasteiger charge is -2.24. The summed E-state index contributed by atoms with van der Waals surface area (Å²) < 4.78 is 0. The largest absolute Gasteiger partial charge is 0.330 e. The summed E-state index contributed by atoms with van der Waals surface area (Å²) in [5.74, 6) is 3.55. The molecule has 1 aliphatic rings. The molecule has 2 heteroatoms. The van der Waals surface area contributed by atoms with Crippen molar-refractivity contribution < 1.29 is 0 Å². The standard InChI is InChI=1S/C7H15NS/c8-4-5-9-6-7-2-1-3-7/h7H,1-6,8H2. The van der Waals surface area contributed by atoms with Crippen LogP contribution in [0.1, 0.15) is 19.3 Å². The lowest BCUT2D eigenvalue weighted by atomic mass is 9.87. The molecule has 1 fully saturated rings. The number of rotatable bonds is 4. The van der Waals surface area contributed by atoms with Gasteiger partial charge < -0.3 is 5.73 Å². The summed E-state index contributed by atoms with van der Waals surface area (Å²) in [7, 11) is 0. The molecule has 0 amide bonds.